The molecule has 0 unspecified atom stereocenters. The first-order valence-electron chi connectivity index (χ1n) is 8.33. The summed E-state index contributed by atoms with van der Waals surface area (Å²) < 4.78 is 2.73. The van der Waals surface area contributed by atoms with Gasteiger partial charge in [-0.2, -0.15) is 0 Å². The molecule has 0 spiro atoms. The van der Waals surface area contributed by atoms with E-state index in [9.17, 15) is 0 Å². The largest absolute Gasteiger partial charge is 0.324 e. The van der Waals surface area contributed by atoms with Gasteiger partial charge in [-0.05, 0) is 19.1 Å². The Bertz CT molecular complexity index is 176. The van der Waals surface area contributed by atoms with Gasteiger partial charge in [0.2, 0.25) is 0 Å². The molecule has 110 valence electrons. The maximum atomic E-state index is 2.73. The first-order valence-corrected chi connectivity index (χ1v) is 11.5. The summed E-state index contributed by atoms with van der Waals surface area (Å²) in [5.41, 5.74) is 0. The molecule has 0 amide bonds. The van der Waals surface area contributed by atoms with Crippen LogP contribution in [0.15, 0.2) is 0 Å². The zero-order valence-corrected chi connectivity index (χ0v) is 14.7. The highest BCUT2D eigenvalue weighted by Crippen LogP contribution is 2.20. The minimum Gasteiger partial charge on any atom is -0.324 e. The summed E-state index contributed by atoms with van der Waals surface area (Å²) in [6, 6.07) is 1.49. The summed E-state index contributed by atoms with van der Waals surface area (Å²) in [7, 11) is -1.08. The molecular formula is C16H37NSi. The Morgan fingerprint density at radius 3 is 1.56 bits per heavy atom. The molecule has 0 radical (unpaired) electrons. The van der Waals surface area contributed by atoms with Crippen LogP contribution in [0.5, 0.6) is 0 Å². The lowest BCUT2D eigenvalue weighted by molar-refractivity contribution is 0.461. The van der Waals surface area contributed by atoms with Gasteiger partial charge in [-0.1, -0.05) is 85.2 Å². The summed E-state index contributed by atoms with van der Waals surface area (Å²) in [5, 5.41) is 0. The Kier molecular flexibility index (Phi) is 11.1. The van der Waals surface area contributed by atoms with E-state index in [1.165, 1.54) is 70.5 Å². The van der Waals surface area contributed by atoms with Crippen LogP contribution < -0.4 is 0 Å². The number of hydrogen-bond donors (Lipinski definition) is 0. The van der Waals surface area contributed by atoms with Crippen LogP contribution in [0.25, 0.3) is 0 Å². The molecule has 0 fully saturated rings. The average Bonchev–Trinajstić information content (AvgIpc) is 2.33. The Morgan fingerprint density at radius 1 is 0.667 bits per heavy atom. The molecular weight excluding hydrogens is 234 g/mol. The molecule has 0 aromatic heterocycles. The lowest BCUT2D eigenvalue weighted by atomic mass is 10.1. The molecule has 0 aliphatic carbocycles. The predicted octanol–water partition coefficient (Wildman–Crippen LogP) is 5.67. The second-order valence-corrected chi connectivity index (χ2v) is 11.0. The molecule has 0 aromatic rings. The topological polar surface area (TPSA) is 3.24 Å². The van der Waals surface area contributed by atoms with Gasteiger partial charge in [-0.15, -0.1) is 0 Å². The van der Waals surface area contributed by atoms with Crippen molar-refractivity contribution < 1.29 is 0 Å². The molecule has 0 bridgehead atoms. The molecule has 0 heterocycles. The van der Waals surface area contributed by atoms with Gasteiger partial charge in [0.1, 0.15) is 8.24 Å². The molecule has 0 saturated carbocycles. The second kappa shape index (κ2) is 11.0. The molecule has 0 N–H and O–H groups in total. The zero-order valence-electron chi connectivity index (χ0n) is 13.7. The first kappa shape index (κ1) is 18.2. The molecule has 18 heavy (non-hydrogen) atoms. The highest BCUT2D eigenvalue weighted by atomic mass is 28.3. The van der Waals surface area contributed by atoms with Crippen molar-refractivity contribution in [2.45, 2.75) is 91.3 Å². The lowest BCUT2D eigenvalue weighted by Crippen LogP contribution is -2.48. The summed E-state index contributed by atoms with van der Waals surface area (Å²) in [4.78, 5) is 0. The van der Waals surface area contributed by atoms with E-state index in [-0.39, 0.29) is 0 Å². The maximum Gasteiger partial charge on any atom is 0.122 e. The van der Waals surface area contributed by atoms with Gasteiger partial charge in [-0.25, -0.2) is 0 Å². The van der Waals surface area contributed by atoms with Gasteiger partial charge in [-0.3, -0.25) is 0 Å². The van der Waals surface area contributed by atoms with Crippen LogP contribution in [-0.2, 0) is 0 Å². The minimum absolute atomic E-state index is 1.08. The van der Waals surface area contributed by atoms with Crippen LogP contribution in [0.2, 0.25) is 19.1 Å². The standard InChI is InChI=1S/C16H37NSi/c1-6-9-10-11-12-13-14-15-16-18(4,5)17(7-2)8-3/h6-16H2,1-5H3. The highest BCUT2D eigenvalue weighted by molar-refractivity contribution is 6.74. The van der Waals surface area contributed by atoms with E-state index in [2.05, 4.69) is 38.4 Å². The third-order valence-electron chi connectivity index (χ3n) is 4.26. The summed E-state index contributed by atoms with van der Waals surface area (Å²) in [6.07, 6.45) is 11.6. The Labute approximate surface area is 117 Å². The number of unbranched alkanes of at least 4 members (excludes halogenated alkanes) is 7. The van der Waals surface area contributed by atoms with Crippen LogP contribution in [0, 0.1) is 0 Å². The van der Waals surface area contributed by atoms with E-state index in [4.69, 9.17) is 0 Å². The molecule has 0 aromatic carbocycles. The fourth-order valence-corrected chi connectivity index (χ4v) is 6.07. The van der Waals surface area contributed by atoms with Crippen molar-refractivity contribution in [1.82, 2.24) is 4.57 Å². The van der Waals surface area contributed by atoms with Gasteiger partial charge in [0, 0.05) is 0 Å². The van der Waals surface area contributed by atoms with E-state index in [0.29, 0.717) is 0 Å². The van der Waals surface area contributed by atoms with Crippen molar-refractivity contribution >= 4 is 8.24 Å². The molecule has 0 aliphatic heterocycles. The van der Waals surface area contributed by atoms with Crippen molar-refractivity contribution in [1.29, 1.82) is 0 Å². The zero-order chi connectivity index (χ0) is 13.9. The molecule has 2 heteroatoms. The number of nitrogens with zero attached hydrogens (tertiary/aromatic N) is 1. The van der Waals surface area contributed by atoms with E-state index >= 15 is 0 Å². The van der Waals surface area contributed by atoms with Gasteiger partial charge >= 0.3 is 0 Å². The fourth-order valence-electron chi connectivity index (χ4n) is 2.93. The Balaban J connectivity index is 3.52. The Morgan fingerprint density at radius 2 is 1.11 bits per heavy atom. The average molecular weight is 272 g/mol. The summed E-state index contributed by atoms with van der Waals surface area (Å²) in [5.74, 6) is 0. The molecule has 0 rings (SSSR count). The number of rotatable bonds is 12. The van der Waals surface area contributed by atoms with Crippen LogP contribution in [-0.4, -0.2) is 25.9 Å². The van der Waals surface area contributed by atoms with Crippen LogP contribution in [0.1, 0.15) is 72.1 Å². The van der Waals surface area contributed by atoms with Crippen molar-refractivity contribution in [3.05, 3.63) is 0 Å². The summed E-state index contributed by atoms with van der Waals surface area (Å²) in [6.45, 7) is 14.5. The quantitative estimate of drug-likeness (QED) is 0.326. The van der Waals surface area contributed by atoms with Gasteiger partial charge < -0.3 is 4.57 Å². The monoisotopic (exact) mass is 271 g/mol. The highest BCUT2D eigenvalue weighted by Gasteiger charge is 2.26. The van der Waals surface area contributed by atoms with E-state index in [0.717, 1.165) is 0 Å². The van der Waals surface area contributed by atoms with Crippen molar-refractivity contribution in [2.24, 2.45) is 0 Å². The number of hydrogen-bond acceptors (Lipinski definition) is 1. The second-order valence-electron chi connectivity index (χ2n) is 6.21. The molecule has 1 nitrogen and oxygen atoms in total. The molecule has 0 aliphatic rings. The van der Waals surface area contributed by atoms with E-state index in [1.807, 2.05) is 0 Å². The van der Waals surface area contributed by atoms with Gasteiger partial charge in [0.25, 0.3) is 0 Å². The molecule has 0 atom stereocenters. The Hall–Kier alpha value is 0.177. The third-order valence-corrected chi connectivity index (χ3v) is 8.18. The third kappa shape index (κ3) is 8.31. The smallest absolute Gasteiger partial charge is 0.122 e. The lowest BCUT2D eigenvalue weighted by Gasteiger charge is -2.35. The first-order chi connectivity index (χ1) is 8.58. The normalized spacial score (nSPS) is 12.3. The SMILES string of the molecule is CCCCCCCCCC[Si](C)(C)N(CC)CC. The predicted molar refractivity (Wildman–Crippen MR) is 87.8 cm³/mol. The van der Waals surface area contributed by atoms with Crippen molar-refractivity contribution in [2.75, 3.05) is 13.1 Å². The van der Waals surface area contributed by atoms with E-state index in [1.54, 1.807) is 0 Å². The van der Waals surface area contributed by atoms with Gasteiger partial charge in [0.05, 0.1) is 0 Å². The van der Waals surface area contributed by atoms with Crippen LogP contribution >= 0.6 is 0 Å². The van der Waals surface area contributed by atoms with E-state index < -0.39 is 8.24 Å². The van der Waals surface area contributed by atoms with Crippen molar-refractivity contribution in [3.63, 3.8) is 0 Å². The minimum atomic E-state index is -1.08. The maximum absolute atomic E-state index is 2.73. The van der Waals surface area contributed by atoms with Crippen molar-refractivity contribution in [3.8, 4) is 0 Å². The van der Waals surface area contributed by atoms with Crippen LogP contribution in [0.3, 0.4) is 0 Å². The summed E-state index contributed by atoms with van der Waals surface area (Å²) >= 11 is 0. The molecule has 0 saturated heterocycles. The van der Waals surface area contributed by atoms with Crippen LogP contribution in [0.4, 0.5) is 0 Å². The van der Waals surface area contributed by atoms with Gasteiger partial charge in [0.15, 0.2) is 0 Å². The fraction of sp³-hybridized carbons (Fsp3) is 1.00.